The van der Waals surface area contributed by atoms with Gasteiger partial charge in [-0.2, -0.15) is 5.10 Å². The average Bonchev–Trinajstić information content (AvgIpc) is 3.10. The molecule has 140 valence electrons. The van der Waals surface area contributed by atoms with Gasteiger partial charge in [-0.1, -0.05) is 18.2 Å². The maximum absolute atomic E-state index is 13.7. The van der Waals surface area contributed by atoms with Crippen LogP contribution in [-0.4, -0.2) is 16.1 Å². The molecule has 7 heteroatoms. The smallest absolute Gasteiger partial charge is 0.256 e. The Bertz CT molecular complexity index is 1140. The molecule has 0 saturated heterocycles. The Labute approximate surface area is 159 Å². The zero-order valence-electron chi connectivity index (χ0n) is 14.6. The van der Waals surface area contributed by atoms with Crippen molar-refractivity contribution in [2.24, 2.45) is 0 Å². The van der Waals surface area contributed by atoms with E-state index in [1.165, 1.54) is 30.3 Å². The van der Waals surface area contributed by atoms with Gasteiger partial charge in [0.1, 0.15) is 24.0 Å². The van der Waals surface area contributed by atoms with E-state index in [4.69, 9.17) is 4.74 Å². The molecular formula is C21H15F2N3O2. The normalized spacial score (nSPS) is 10.8. The fourth-order valence-electron chi connectivity index (χ4n) is 2.74. The molecule has 1 aromatic heterocycles. The molecular weight excluding hydrogens is 364 g/mol. The van der Waals surface area contributed by atoms with E-state index in [-0.39, 0.29) is 12.4 Å². The summed E-state index contributed by atoms with van der Waals surface area (Å²) < 4.78 is 32.4. The number of hydrogen-bond acceptors (Lipinski definition) is 3. The van der Waals surface area contributed by atoms with E-state index in [9.17, 15) is 13.6 Å². The number of carbonyl (C=O) groups is 1. The molecule has 0 unspecified atom stereocenters. The minimum absolute atomic E-state index is 0.0767. The van der Waals surface area contributed by atoms with E-state index in [0.717, 1.165) is 0 Å². The number of halogens is 2. The lowest BCUT2D eigenvalue weighted by Crippen LogP contribution is -2.12. The van der Waals surface area contributed by atoms with Crippen molar-refractivity contribution >= 4 is 22.6 Å². The molecule has 0 aliphatic carbocycles. The van der Waals surface area contributed by atoms with Crippen LogP contribution in [0.5, 0.6) is 5.75 Å². The van der Waals surface area contributed by atoms with Gasteiger partial charge < -0.3 is 10.1 Å². The van der Waals surface area contributed by atoms with Gasteiger partial charge in [0.2, 0.25) is 0 Å². The third-order valence-electron chi connectivity index (χ3n) is 4.22. The van der Waals surface area contributed by atoms with Crippen LogP contribution in [-0.2, 0) is 6.61 Å². The van der Waals surface area contributed by atoms with Gasteiger partial charge in [0, 0.05) is 16.5 Å². The van der Waals surface area contributed by atoms with Crippen molar-refractivity contribution in [1.82, 2.24) is 10.2 Å². The Morgan fingerprint density at radius 2 is 1.82 bits per heavy atom. The van der Waals surface area contributed by atoms with Crippen molar-refractivity contribution < 1.29 is 18.3 Å². The lowest BCUT2D eigenvalue weighted by Gasteiger charge is -2.08. The van der Waals surface area contributed by atoms with Gasteiger partial charge in [-0.25, -0.2) is 8.78 Å². The highest BCUT2D eigenvalue weighted by Gasteiger charge is 2.12. The Morgan fingerprint density at radius 1 is 1.04 bits per heavy atom. The first-order chi connectivity index (χ1) is 13.6. The average molecular weight is 379 g/mol. The number of nitrogens with zero attached hydrogens (tertiary/aromatic N) is 1. The van der Waals surface area contributed by atoms with Crippen LogP contribution in [0.25, 0.3) is 10.9 Å². The standard InChI is InChI=1S/C21H15F2N3O2/c22-15-7-5-13(6-8-15)21(27)24-20-17-11-16(9-10-19(17)25-26-20)28-12-14-3-1-2-4-18(14)23/h1-11H,12H2,(H2,24,25,26,27). The number of benzene rings is 3. The predicted octanol–water partition coefficient (Wildman–Crippen LogP) is 4.67. The molecule has 0 bridgehead atoms. The summed E-state index contributed by atoms with van der Waals surface area (Å²) in [6.45, 7) is 0.0767. The number of amides is 1. The lowest BCUT2D eigenvalue weighted by atomic mass is 10.2. The number of ether oxygens (including phenoxy) is 1. The van der Waals surface area contributed by atoms with E-state index in [1.54, 1.807) is 36.4 Å². The first-order valence-electron chi connectivity index (χ1n) is 8.51. The molecule has 0 fully saturated rings. The van der Waals surface area contributed by atoms with Crippen molar-refractivity contribution in [3.05, 3.63) is 89.5 Å². The number of carbonyl (C=O) groups excluding carboxylic acids is 1. The van der Waals surface area contributed by atoms with Crippen LogP contribution in [0.3, 0.4) is 0 Å². The highest BCUT2D eigenvalue weighted by molar-refractivity contribution is 6.07. The summed E-state index contributed by atoms with van der Waals surface area (Å²) in [5.74, 6) is -0.335. The highest BCUT2D eigenvalue weighted by Crippen LogP contribution is 2.26. The molecule has 4 aromatic rings. The Kier molecular flexibility index (Phi) is 4.72. The van der Waals surface area contributed by atoms with Gasteiger partial charge in [0.05, 0.1) is 5.52 Å². The van der Waals surface area contributed by atoms with E-state index < -0.39 is 11.7 Å². The molecule has 28 heavy (non-hydrogen) atoms. The van der Waals surface area contributed by atoms with Crippen molar-refractivity contribution in [3.8, 4) is 5.75 Å². The van der Waals surface area contributed by atoms with Gasteiger partial charge in [-0.3, -0.25) is 9.89 Å². The van der Waals surface area contributed by atoms with Gasteiger partial charge in [-0.05, 0) is 48.5 Å². The van der Waals surface area contributed by atoms with Gasteiger partial charge in [-0.15, -0.1) is 0 Å². The lowest BCUT2D eigenvalue weighted by molar-refractivity contribution is 0.102. The number of aromatic amines is 1. The van der Waals surface area contributed by atoms with Crippen LogP contribution < -0.4 is 10.1 Å². The second-order valence-electron chi connectivity index (χ2n) is 6.12. The van der Waals surface area contributed by atoms with Crippen LogP contribution in [0.1, 0.15) is 15.9 Å². The summed E-state index contributed by atoms with van der Waals surface area (Å²) in [5.41, 5.74) is 1.46. The molecule has 5 nitrogen and oxygen atoms in total. The summed E-state index contributed by atoms with van der Waals surface area (Å²) in [6, 6.07) is 16.8. The molecule has 0 atom stereocenters. The molecule has 1 amide bonds. The summed E-state index contributed by atoms with van der Waals surface area (Å²) >= 11 is 0. The summed E-state index contributed by atoms with van der Waals surface area (Å²) in [6.07, 6.45) is 0. The number of fused-ring (bicyclic) bond motifs is 1. The molecule has 0 aliphatic rings. The summed E-state index contributed by atoms with van der Waals surface area (Å²) in [4.78, 5) is 12.3. The van der Waals surface area contributed by atoms with E-state index in [1.807, 2.05) is 0 Å². The highest BCUT2D eigenvalue weighted by atomic mass is 19.1. The van der Waals surface area contributed by atoms with E-state index >= 15 is 0 Å². The van der Waals surface area contributed by atoms with Crippen LogP contribution >= 0.6 is 0 Å². The zero-order chi connectivity index (χ0) is 19.5. The van der Waals surface area contributed by atoms with Crippen LogP contribution in [0.15, 0.2) is 66.7 Å². The van der Waals surface area contributed by atoms with Crippen LogP contribution in [0.2, 0.25) is 0 Å². The molecule has 0 aliphatic heterocycles. The molecule has 0 radical (unpaired) electrons. The minimum Gasteiger partial charge on any atom is -0.489 e. The first-order valence-corrected chi connectivity index (χ1v) is 8.51. The number of rotatable bonds is 5. The maximum atomic E-state index is 13.7. The molecule has 0 saturated carbocycles. The maximum Gasteiger partial charge on any atom is 0.256 e. The minimum atomic E-state index is -0.418. The predicted molar refractivity (Wildman–Crippen MR) is 101 cm³/mol. The van der Waals surface area contributed by atoms with Crippen molar-refractivity contribution in [1.29, 1.82) is 0 Å². The largest absolute Gasteiger partial charge is 0.489 e. The molecule has 4 rings (SSSR count). The van der Waals surface area contributed by atoms with Crippen molar-refractivity contribution in [2.75, 3.05) is 5.32 Å². The Hall–Kier alpha value is -3.74. The molecule has 2 N–H and O–H groups in total. The Morgan fingerprint density at radius 3 is 2.61 bits per heavy atom. The first kappa shape index (κ1) is 17.7. The second-order valence-corrected chi connectivity index (χ2v) is 6.12. The van der Waals surface area contributed by atoms with Crippen LogP contribution in [0, 0.1) is 11.6 Å². The van der Waals surface area contributed by atoms with Gasteiger partial charge in [0.25, 0.3) is 5.91 Å². The molecule has 1 heterocycles. The number of nitrogens with one attached hydrogen (secondary N) is 2. The molecule has 3 aromatic carbocycles. The van der Waals surface area contributed by atoms with Gasteiger partial charge in [0.15, 0.2) is 5.82 Å². The number of H-pyrrole nitrogens is 1. The third kappa shape index (κ3) is 3.68. The number of hydrogen-bond donors (Lipinski definition) is 2. The fourth-order valence-corrected chi connectivity index (χ4v) is 2.74. The SMILES string of the molecule is O=C(Nc1n[nH]c2ccc(OCc3ccccc3F)cc12)c1ccc(F)cc1. The quantitative estimate of drug-likeness (QED) is 0.529. The second kappa shape index (κ2) is 7.48. The monoisotopic (exact) mass is 379 g/mol. The fraction of sp³-hybridized carbons (Fsp3) is 0.0476. The summed E-state index contributed by atoms with van der Waals surface area (Å²) in [5, 5.41) is 10.3. The zero-order valence-corrected chi connectivity index (χ0v) is 14.6. The Balaban J connectivity index is 1.53. The number of anilines is 1. The van der Waals surface area contributed by atoms with Gasteiger partial charge >= 0.3 is 0 Å². The van der Waals surface area contributed by atoms with E-state index in [2.05, 4.69) is 15.5 Å². The van der Waals surface area contributed by atoms with Crippen LogP contribution in [0.4, 0.5) is 14.6 Å². The van der Waals surface area contributed by atoms with Crippen molar-refractivity contribution in [3.63, 3.8) is 0 Å². The molecule has 0 spiro atoms. The third-order valence-corrected chi connectivity index (χ3v) is 4.22. The topological polar surface area (TPSA) is 67.0 Å². The number of aromatic nitrogens is 2. The van der Waals surface area contributed by atoms with Crippen molar-refractivity contribution in [2.45, 2.75) is 6.61 Å². The summed E-state index contributed by atoms with van der Waals surface area (Å²) in [7, 11) is 0. The van der Waals surface area contributed by atoms with E-state index in [0.29, 0.717) is 33.6 Å².